The Hall–Kier alpha value is -1.91. The lowest BCUT2D eigenvalue weighted by Crippen LogP contribution is -2.48. The van der Waals surface area contributed by atoms with Gasteiger partial charge in [0.25, 0.3) is 5.91 Å². The zero-order valence-corrected chi connectivity index (χ0v) is 14.3. The number of nitrogens with zero attached hydrogens (tertiary/aromatic N) is 2. The summed E-state index contributed by atoms with van der Waals surface area (Å²) >= 11 is 0. The molecule has 1 aromatic carbocycles. The van der Waals surface area contributed by atoms with Crippen molar-refractivity contribution in [1.29, 1.82) is 0 Å². The number of benzene rings is 1. The second kappa shape index (κ2) is 7.57. The summed E-state index contributed by atoms with van der Waals surface area (Å²) in [6.07, 6.45) is 3.61. The molecule has 5 heteroatoms. The van der Waals surface area contributed by atoms with Crippen molar-refractivity contribution in [3.05, 3.63) is 65.0 Å². The molecule has 2 aromatic rings. The molecule has 23 heavy (non-hydrogen) atoms. The van der Waals surface area contributed by atoms with E-state index >= 15 is 0 Å². The molecule has 1 N–H and O–H groups in total. The van der Waals surface area contributed by atoms with Crippen molar-refractivity contribution < 1.29 is 4.79 Å². The van der Waals surface area contributed by atoms with Crippen molar-refractivity contribution in [2.75, 3.05) is 19.6 Å². The number of rotatable bonds is 2. The van der Waals surface area contributed by atoms with Crippen molar-refractivity contribution >= 4 is 18.3 Å². The number of nitrogens with one attached hydrogen (secondary N) is 1. The van der Waals surface area contributed by atoms with E-state index in [0.717, 1.165) is 35.3 Å². The van der Waals surface area contributed by atoms with E-state index in [9.17, 15) is 4.79 Å². The van der Waals surface area contributed by atoms with Gasteiger partial charge < -0.3 is 10.2 Å². The SMILES string of the molecule is Cc1cc(C)cc(C(=O)N2CCNCC2c2cccnc2)c1.Cl. The van der Waals surface area contributed by atoms with E-state index in [1.807, 2.05) is 49.2 Å². The van der Waals surface area contributed by atoms with Gasteiger partial charge in [0.05, 0.1) is 6.04 Å². The molecule has 1 unspecified atom stereocenters. The van der Waals surface area contributed by atoms with Crippen LogP contribution in [-0.2, 0) is 0 Å². The van der Waals surface area contributed by atoms with Crippen LogP contribution in [0.1, 0.15) is 33.1 Å². The Morgan fingerprint density at radius 1 is 1.26 bits per heavy atom. The van der Waals surface area contributed by atoms with Gasteiger partial charge in [-0.2, -0.15) is 0 Å². The van der Waals surface area contributed by atoms with Gasteiger partial charge in [-0.3, -0.25) is 9.78 Å². The molecule has 1 saturated heterocycles. The number of amides is 1. The van der Waals surface area contributed by atoms with Gasteiger partial charge in [-0.15, -0.1) is 12.4 Å². The van der Waals surface area contributed by atoms with Gasteiger partial charge in [0.1, 0.15) is 0 Å². The summed E-state index contributed by atoms with van der Waals surface area (Å²) in [6, 6.07) is 10.0. The van der Waals surface area contributed by atoms with Gasteiger partial charge in [-0.25, -0.2) is 0 Å². The molecule has 2 heterocycles. The molecule has 1 amide bonds. The minimum atomic E-state index is 0. The number of pyridine rings is 1. The third kappa shape index (κ3) is 3.89. The highest BCUT2D eigenvalue weighted by molar-refractivity contribution is 5.95. The average molecular weight is 332 g/mol. The molecule has 1 aromatic heterocycles. The second-order valence-electron chi connectivity index (χ2n) is 5.88. The van der Waals surface area contributed by atoms with Crippen molar-refractivity contribution in [2.45, 2.75) is 19.9 Å². The standard InChI is InChI=1S/C18H21N3O.ClH/c1-13-8-14(2)10-16(9-13)18(22)21-7-6-20-12-17(21)15-4-3-5-19-11-15;/h3-5,8-11,17,20H,6-7,12H2,1-2H3;1H. The highest BCUT2D eigenvalue weighted by Crippen LogP contribution is 2.24. The first-order valence-corrected chi connectivity index (χ1v) is 7.65. The lowest BCUT2D eigenvalue weighted by Gasteiger charge is -2.36. The van der Waals surface area contributed by atoms with E-state index in [2.05, 4.69) is 16.4 Å². The summed E-state index contributed by atoms with van der Waals surface area (Å²) in [4.78, 5) is 19.1. The molecule has 0 spiro atoms. The first-order chi connectivity index (χ1) is 10.6. The van der Waals surface area contributed by atoms with Crippen LogP contribution < -0.4 is 5.32 Å². The first kappa shape index (κ1) is 17.4. The summed E-state index contributed by atoms with van der Waals surface area (Å²) in [6.45, 7) is 6.36. The van der Waals surface area contributed by atoms with Crippen molar-refractivity contribution in [3.8, 4) is 0 Å². The summed E-state index contributed by atoms with van der Waals surface area (Å²) in [7, 11) is 0. The number of aryl methyl sites for hydroxylation is 2. The van der Waals surface area contributed by atoms with E-state index in [1.54, 1.807) is 6.20 Å². The largest absolute Gasteiger partial charge is 0.329 e. The summed E-state index contributed by atoms with van der Waals surface area (Å²) < 4.78 is 0. The maximum Gasteiger partial charge on any atom is 0.254 e. The molecule has 4 nitrogen and oxygen atoms in total. The van der Waals surface area contributed by atoms with Gasteiger partial charge in [0.2, 0.25) is 0 Å². The average Bonchev–Trinajstić information content (AvgIpc) is 2.54. The Bertz CT molecular complexity index is 655. The summed E-state index contributed by atoms with van der Waals surface area (Å²) in [5, 5.41) is 3.37. The molecule has 1 aliphatic heterocycles. The Kier molecular flexibility index (Phi) is 5.74. The topological polar surface area (TPSA) is 45.2 Å². The smallest absolute Gasteiger partial charge is 0.254 e. The summed E-state index contributed by atoms with van der Waals surface area (Å²) in [5.74, 6) is 0.0992. The van der Waals surface area contributed by atoms with Crippen LogP contribution in [0.25, 0.3) is 0 Å². The van der Waals surface area contributed by atoms with Gasteiger partial charge in [0.15, 0.2) is 0 Å². The number of aromatic nitrogens is 1. The molecule has 1 atom stereocenters. The monoisotopic (exact) mass is 331 g/mol. The van der Waals surface area contributed by atoms with Crippen LogP contribution in [0, 0.1) is 13.8 Å². The van der Waals surface area contributed by atoms with Gasteiger partial charge in [0, 0.05) is 37.6 Å². The van der Waals surface area contributed by atoms with E-state index in [-0.39, 0.29) is 24.4 Å². The maximum atomic E-state index is 13.0. The quantitative estimate of drug-likeness (QED) is 0.920. The molecule has 0 bridgehead atoms. The van der Waals surface area contributed by atoms with Crippen LogP contribution in [0.3, 0.4) is 0 Å². The second-order valence-corrected chi connectivity index (χ2v) is 5.88. The molecular weight excluding hydrogens is 310 g/mol. The molecule has 0 saturated carbocycles. The van der Waals surface area contributed by atoms with Gasteiger partial charge >= 0.3 is 0 Å². The number of hydrogen-bond donors (Lipinski definition) is 1. The molecule has 1 aliphatic rings. The minimum absolute atomic E-state index is 0. The Morgan fingerprint density at radius 2 is 2.00 bits per heavy atom. The summed E-state index contributed by atoms with van der Waals surface area (Å²) in [5.41, 5.74) is 4.09. The highest BCUT2D eigenvalue weighted by Gasteiger charge is 2.28. The van der Waals surface area contributed by atoms with Gasteiger partial charge in [-0.05, 0) is 37.6 Å². The van der Waals surface area contributed by atoms with E-state index < -0.39 is 0 Å². The Balaban J connectivity index is 0.00000192. The normalized spacial score (nSPS) is 17.5. The molecule has 0 radical (unpaired) electrons. The molecule has 1 fully saturated rings. The lowest BCUT2D eigenvalue weighted by atomic mass is 10.0. The molecular formula is C18H22ClN3O. The van der Waals surface area contributed by atoms with Crippen LogP contribution >= 0.6 is 12.4 Å². The maximum absolute atomic E-state index is 13.0. The predicted molar refractivity (Wildman–Crippen MR) is 94.0 cm³/mol. The zero-order chi connectivity index (χ0) is 15.5. The Morgan fingerprint density at radius 3 is 2.65 bits per heavy atom. The minimum Gasteiger partial charge on any atom is -0.329 e. The zero-order valence-electron chi connectivity index (χ0n) is 13.5. The first-order valence-electron chi connectivity index (χ1n) is 7.65. The third-order valence-corrected chi connectivity index (χ3v) is 4.04. The Labute approximate surface area is 143 Å². The fourth-order valence-electron chi connectivity index (χ4n) is 3.08. The highest BCUT2D eigenvalue weighted by atomic mass is 35.5. The molecule has 122 valence electrons. The number of carbonyl (C=O) groups is 1. The van der Waals surface area contributed by atoms with Crippen LogP contribution in [0.2, 0.25) is 0 Å². The van der Waals surface area contributed by atoms with Crippen molar-refractivity contribution in [2.24, 2.45) is 0 Å². The number of hydrogen-bond acceptors (Lipinski definition) is 3. The van der Waals surface area contributed by atoms with Crippen molar-refractivity contribution in [3.63, 3.8) is 0 Å². The molecule has 3 rings (SSSR count). The fraction of sp³-hybridized carbons (Fsp3) is 0.333. The lowest BCUT2D eigenvalue weighted by molar-refractivity contribution is 0.0634. The van der Waals surface area contributed by atoms with Crippen molar-refractivity contribution in [1.82, 2.24) is 15.2 Å². The van der Waals surface area contributed by atoms with Crippen LogP contribution in [0.5, 0.6) is 0 Å². The van der Waals surface area contributed by atoms with E-state index in [1.165, 1.54) is 0 Å². The van der Waals surface area contributed by atoms with Crippen LogP contribution in [-0.4, -0.2) is 35.4 Å². The number of halogens is 1. The van der Waals surface area contributed by atoms with E-state index in [0.29, 0.717) is 6.54 Å². The predicted octanol–water partition coefficient (Wildman–Crippen LogP) is 2.91. The number of carbonyl (C=O) groups excluding carboxylic acids is 1. The third-order valence-electron chi connectivity index (χ3n) is 4.04. The van der Waals surface area contributed by atoms with Crippen LogP contribution in [0.4, 0.5) is 0 Å². The van der Waals surface area contributed by atoms with E-state index in [4.69, 9.17) is 0 Å². The molecule has 0 aliphatic carbocycles. The number of piperazine rings is 1. The van der Waals surface area contributed by atoms with Gasteiger partial charge in [-0.1, -0.05) is 23.3 Å². The van der Waals surface area contributed by atoms with Crippen LogP contribution in [0.15, 0.2) is 42.7 Å². The fourth-order valence-corrected chi connectivity index (χ4v) is 3.08.